The van der Waals surface area contributed by atoms with E-state index in [4.69, 9.17) is 17.7 Å². The van der Waals surface area contributed by atoms with Crippen molar-refractivity contribution in [3.63, 3.8) is 0 Å². The molecule has 4 aromatic heterocycles. The Morgan fingerprint density at radius 1 is 0.414 bits per heavy atom. The molecule has 70 heavy (non-hydrogen) atoms. The third-order valence-electron chi connectivity index (χ3n) is 15.2. The molecule has 6 heterocycles. The zero-order valence-corrected chi connectivity index (χ0v) is 41.8. The van der Waals surface area contributed by atoms with Crippen LogP contribution in [0.15, 0.2) is 152 Å². The largest absolute Gasteiger partial charge is 0.464 e. The highest BCUT2D eigenvalue weighted by Gasteiger charge is 2.50. The average molecular weight is 915 g/mol. The van der Waals surface area contributed by atoms with E-state index >= 15 is 0 Å². The smallest absolute Gasteiger partial charge is 0.262 e. The van der Waals surface area contributed by atoms with Crippen LogP contribution in [0.3, 0.4) is 0 Å². The highest BCUT2D eigenvalue weighted by molar-refractivity contribution is 7.02. The Morgan fingerprint density at radius 2 is 0.814 bits per heavy atom. The number of rotatable bonds is 4. The molecule has 0 unspecified atom stereocenters. The van der Waals surface area contributed by atoms with Crippen molar-refractivity contribution in [3.8, 4) is 22.3 Å². The van der Waals surface area contributed by atoms with Gasteiger partial charge in [0.15, 0.2) is 0 Å². The third kappa shape index (κ3) is 6.13. The lowest BCUT2D eigenvalue weighted by molar-refractivity contribution is 0.589. The molecule has 0 bridgehead atoms. The molecule has 0 spiro atoms. The molecule has 0 saturated carbocycles. The normalized spacial score (nSPS) is 13.6. The topological polar surface area (TPSA) is 59.0 Å². The van der Waals surface area contributed by atoms with Crippen LogP contribution in [-0.2, 0) is 10.8 Å². The summed E-state index contributed by atoms with van der Waals surface area (Å²) >= 11 is 0. The summed E-state index contributed by atoms with van der Waals surface area (Å²) in [7, 11) is 0. The molecule has 7 aromatic carbocycles. The molecule has 0 aliphatic carbocycles. The molecule has 0 amide bonds. The van der Waals surface area contributed by atoms with Crippen LogP contribution >= 0.6 is 0 Å². The fraction of sp³-hybridized carbons (Fsp3) is 0.206. The SMILES string of the molecule is Cc1cc2c3c(c1)N(c1c(C)cc(-c4coc5ccccc45)cc1C)c1oc4ccc(C(C)(C)C)cc4c1B3c1c(oc3ccc(C(C)(C)C)cc13)N2c1c(C)cc(-c2coc3ccccc23)cc1C. The van der Waals surface area contributed by atoms with Crippen molar-refractivity contribution in [1.29, 1.82) is 0 Å². The van der Waals surface area contributed by atoms with Crippen LogP contribution in [0.1, 0.15) is 80.5 Å². The van der Waals surface area contributed by atoms with Crippen LogP contribution in [-0.4, -0.2) is 6.71 Å². The molecule has 0 atom stereocenters. The van der Waals surface area contributed by atoms with Gasteiger partial charge in [-0.2, -0.15) is 0 Å². The van der Waals surface area contributed by atoms with Gasteiger partial charge in [0.1, 0.15) is 22.3 Å². The Kier molecular flexibility index (Phi) is 8.91. The van der Waals surface area contributed by atoms with Crippen LogP contribution in [0.4, 0.5) is 34.5 Å². The Hall–Kier alpha value is -7.64. The van der Waals surface area contributed by atoms with E-state index in [1.807, 2.05) is 36.8 Å². The lowest BCUT2D eigenvalue weighted by Crippen LogP contribution is -2.61. The number of aryl methyl sites for hydroxylation is 5. The predicted octanol–water partition coefficient (Wildman–Crippen LogP) is 16.2. The number of anilines is 6. The highest BCUT2D eigenvalue weighted by Crippen LogP contribution is 2.51. The second-order valence-corrected chi connectivity index (χ2v) is 22.1. The standard InChI is InChI=1S/C63H55BN2O4/c1-34-24-49-57-50(25-34)66(59-37(4)28-40(29-38(59)5)48-33-68-52-19-15-13-17-44(48)52)61-56(46-31-42(63(9,10)11)21-23-54(46)70-61)64(57)55-45-30-41(62(6,7)8)20-22-53(45)69-60(55)65(49)58-35(2)26-39(27-36(58)3)47-32-67-51-18-14-12-16-43(47)51/h12-33H,1-11H3. The van der Waals surface area contributed by atoms with Crippen molar-refractivity contribution < 1.29 is 17.7 Å². The van der Waals surface area contributed by atoms with Gasteiger partial charge in [0, 0.05) is 55.0 Å². The molecule has 0 fully saturated rings. The van der Waals surface area contributed by atoms with Gasteiger partial charge in [-0.1, -0.05) is 90.1 Å². The predicted molar refractivity (Wildman–Crippen MR) is 292 cm³/mol. The summed E-state index contributed by atoms with van der Waals surface area (Å²) in [5, 5.41) is 4.45. The van der Waals surface area contributed by atoms with Crippen molar-refractivity contribution in [2.45, 2.75) is 87.0 Å². The van der Waals surface area contributed by atoms with Crippen LogP contribution in [0.25, 0.3) is 66.1 Å². The lowest BCUT2D eigenvalue weighted by Gasteiger charge is -2.42. The molecule has 7 heteroatoms. The Morgan fingerprint density at radius 3 is 1.21 bits per heavy atom. The van der Waals surface area contributed by atoms with Gasteiger partial charge < -0.3 is 17.7 Å². The van der Waals surface area contributed by atoms with Crippen LogP contribution in [0, 0.1) is 34.6 Å². The van der Waals surface area contributed by atoms with Gasteiger partial charge >= 0.3 is 0 Å². The number of para-hydroxylation sites is 2. The quantitative estimate of drug-likeness (QED) is 0.164. The van der Waals surface area contributed by atoms with Gasteiger partial charge in [0.25, 0.3) is 6.71 Å². The monoisotopic (exact) mass is 914 g/mol. The van der Waals surface area contributed by atoms with E-state index < -0.39 is 0 Å². The fourth-order valence-electron chi connectivity index (χ4n) is 11.9. The maximum atomic E-state index is 7.36. The molecule has 11 aromatic rings. The van der Waals surface area contributed by atoms with Crippen molar-refractivity contribution in [2.24, 2.45) is 0 Å². The molecule has 13 rings (SSSR count). The average Bonchev–Trinajstić information content (AvgIpc) is 4.12. The number of hydrogen-bond donors (Lipinski definition) is 0. The second-order valence-electron chi connectivity index (χ2n) is 22.1. The molecular formula is C63H55BN2O4. The Labute approximate surface area is 409 Å². The first kappa shape index (κ1) is 42.5. The van der Waals surface area contributed by atoms with Crippen LogP contribution in [0.5, 0.6) is 0 Å². The first-order chi connectivity index (χ1) is 33.5. The zero-order valence-electron chi connectivity index (χ0n) is 41.8. The molecule has 0 N–H and O–H groups in total. The lowest BCUT2D eigenvalue weighted by atomic mass is 9.33. The molecule has 0 saturated heterocycles. The number of hydrogen-bond acceptors (Lipinski definition) is 6. The van der Waals surface area contributed by atoms with E-state index in [9.17, 15) is 0 Å². The minimum Gasteiger partial charge on any atom is -0.464 e. The summed E-state index contributed by atoms with van der Waals surface area (Å²) in [5.41, 5.74) is 23.9. The summed E-state index contributed by atoms with van der Waals surface area (Å²) in [6.45, 7) is 24.7. The maximum Gasteiger partial charge on any atom is 0.262 e. The molecule has 2 aliphatic heterocycles. The Bertz CT molecular complexity index is 3710. The van der Waals surface area contributed by atoms with Crippen LogP contribution in [0.2, 0.25) is 0 Å². The van der Waals surface area contributed by atoms with Crippen molar-refractivity contribution in [1.82, 2.24) is 0 Å². The molecule has 0 radical (unpaired) electrons. The van der Waals surface area contributed by atoms with E-state index in [1.165, 1.54) is 16.6 Å². The molecule has 344 valence electrons. The summed E-state index contributed by atoms with van der Waals surface area (Å²) in [4.78, 5) is 4.88. The van der Waals surface area contributed by atoms with E-state index in [2.05, 4.69) is 183 Å². The second kappa shape index (κ2) is 14.7. The zero-order chi connectivity index (χ0) is 48.3. The summed E-state index contributed by atoms with van der Waals surface area (Å²) in [6, 6.07) is 44.2. The summed E-state index contributed by atoms with van der Waals surface area (Å²) < 4.78 is 26.9. The number of benzene rings is 7. The van der Waals surface area contributed by atoms with Crippen molar-refractivity contribution in [2.75, 3.05) is 9.80 Å². The highest BCUT2D eigenvalue weighted by atomic mass is 16.4. The van der Waals surface area contributed by atoms with Gasteiger partial charge in [0.05, 0.1) is 23.9 Å². The number of nitrogens with zero attached hydrogens (tertiary/aromatic N) is 2. The first-order valence-electron chi connectivity index (χ1n) is 24.6. The third-order valence-corrected chi connectivity index (χ3v) is 15.2. The van der Waals surface area contributed by atoms with E-state index in [0.717, 1.165) is 139 Å². The van der Waals surface area contributed by atoms with E-state index in [1.54, 1.807) is 0 Å². The Balaban J connectivity index is 1.13. The molecule has 6 nitrogen and oxygen atoms in total. The minimum absolute atomic E-state index is 0.0877. The first-order valence-corrected chi connectivity index (χ1v) is 24.6. The molecule has 2 aliphatic rings. The van der Waals surface area contributed by atoms with Crippen molar-refractivity contribution >= 4 is 101 Å². The maximum absolute atomic E-state index is 7.36. The molecular weight excluding hydrogens is 860 g/mol. The summed E-state index contributed by atoms with van der Waals surface area (Å²) in [6.07, 6.45) is 3.79. The van der Waals surface area contributed by atoms with Gasteiger partial charge in [-0.25, -0.2) is 0 Å². The van der Waals surface area contributed by atoms with Crippen LogP contribution < -0.4 is 26.2 Å². The fourth-order valence-corrected chi connectivity index (χ4v) is 11.9. The van der Waals surface area contributed by atoms with Crippen molar-refractivity contribution in [3.05, 3.63) is 173 Å². The van der Waals surface area contributed by atoms with E-state index in [0.29, 0.717) is 0 Å². The number of furan rings is 4. The summed E-state index contributed by atoms with van der Waals surface area (Å²) in [5.74, 6) is 1.68. The van der Waals surface area contributed by atoms with Gasteiger partial charge in [0.2, 0.25) is 11.8 Å². The number of fused-ring (bicyclic) bond motifs is 10. The minimum atomic E-state index is -0.217. The van der Waals surface area contributed by atoms with Gasteiger partial charge in [-0.15, -0.1) is 0 Å². The van der Waals surface area contributed by atoms with E-state index in [-0.39, 0.29) is 17.5 Å². The van der Waals surface area contributed by atoms with Gasteiger partial charge in [-0.3, -0.25) is 9.80 Å². The van der Waals surface area contributed by atoms with Gasteiger partial charge in [-0.05, 0) is 174 Å².